The molecule has 4 nitrogen and oxygen atoms in total. The molecule has 0 saturated heterocycles. The van der Waals surface area contributed by atoms with Crippen LogP contribution in [0, 0.1) is 0 Å². The van der Waals surface area contributed by atoms with Gasteiger partial charge in [-0.1, -0.05) is 6.08 Å². The van der Waals surface area contributed by atoms with Crippen molar-refractivity contribution in [3.63, 3.8) is 0 Å². The third-order valence-electron chi connectivity index (χ3n) is 3.25. The van der Waals surface area contributed by atoms with E-state index in [1.807, 2.05) is 10.6 Å². The summed E-state index contributed by atoms with van der Waals surface area (Å²) < 4.78 is 13.3. The van der Waals surface area contributed by atoms with E-state index in [4.69, 9.17) is 0 Å². The summed E-state index contributed by atoms with van der Waals surface area (Å²) in [6.07, 6.45) is 10.4. The van der Waals surface area contributed by atoms with Crippen molar-refractivity contribution in [2.45, 2.75) is 30.8 Å². The molecule has 18 heavy (non-hydrogen) atoms. The predicted octanol–water partition coefficient (Wildman–Crippen LogP) is 2.42. The summed E-state index contributed by atoms with van der Waals surface area (Å²) in [5.74, 6) is 0. The van der Waals surface area contributed by atoms with Gasteiger partial charge in [-0.25, -0.2) is 9.50 Å². The van der Waals surface area contributed by atoms with Crippen LogP contribution in [0.5, 0.6) is 0 Å². The highest BCUT2D eigenvalue weighted by atomic mass is 32.2. The van der Waals surface area contributed by atoms with E-state index in [0.29, 0.717) is 5.16 Å². The third-order valence-corrected chi connectivity index (χ3v) is 3.96. The van der Waals surface area contributed by atoms with Crippen LogP contribution in [0.2, 0.25) is 0 Å². The zero-order valence-corrected chi connectivity index (χ0v) is 11.1. The molecule has 0 N–H and O–H groups in total. The van der Waals surface area contributed by atoms with Gasteiger partial charge in [0.05, 0.1) is 28.2 Å². The number of aromatic nitrogens is 3. The standard InChI is InChI=1S/C13H15N3OS/c1-18(17)13-14-9-11-7-8-12(16(11)15-13)10-5-3-2-4-6-10/h5,7-9H,2-4,6H2,1H3. The van der Waals surface area contributed by atoms with Crippen LogP contribution in [0.4, 0.5) is 0 Å². The summed E-state index contributed by atoms with van der Waals surface area (Å²) >= 11 is 0. The minimum atomic E-state index is -1.14. The maximum absolute atomic E-state index is 11.5. The van der Waals surface area contributed by atoms with Gasteiger partial charge < -0.3 is 0 Å². The van der Waals surface area contributed by atoms with Gasteiger partial charge in [-0.3, -0.25) is 4.21 Å². The summed E-state index contributed by atoms with van der Waals surface area (Å²) in [6.45, 7) is 0. The summed E-state index contributed by atoms with van der Waals surface area (Å²) in [6, 6.07) is 4.08. The summed E-state index contributed by atoms with van der Waals surface area (Å²) in [4.78, 5) is 4.11. The summed E-state index contributed by atoms with van der Waals surface area (Å²) in [7, 11) is -1.14. The third kappa shape index (κ3) is 1.99. The lowest BCUT2D eigenvalue weighted by atomic mass is 9.97. The highest BCUT2D eigenvalue weighted by Crippen LogP contribution is 2.27. The average molecular weight is 261 g/mol. The van der Waals surface area contributed by atoms with Gasteiger partial charge in [-0.05, 0) is 43.4 Å². The average Bonchev–Trinajstić information content (AvgIpc) is 2.82. The quantitative estimate of drug-likeness (QED) is 0.834. The Balaban J connectivity index is 2.14. The normalized spacial score (nSPS) is 17.7. The lowest BCUT2D eigenvalue weighted by Gasteiger charge is -2.12. The largest absolute Gasteiger partial charge is 0.251 e. The Bertz CT molecular complexity index is 645. The molecule has 1 unspecified atom stereocenters. The van der Waals surface area contributed by atoms with E-state index in [0.717, 1.165) is 24.1 Å². The molecule has 1 aliphatic rings. The van der Waals surface area contributed by atoms with E-state index in [2.05, 4.69) is 22.2 Å². The first-order chi connectivity index (χ1) is 8.75. The first-order valence-corrected chi connectivity index (χ1v) is 7.69. The first kappa shape index (κ1) is 11.6. The van der Waals surface area contributed by atoms with Gasteiger partial charge in [0.2, 0.25) is 5.16 Å². The smallest absolute Gasteiger partial charge is 0.237 e. The molecule has 0 spiro atoms. The number of allylic oxidation sites excluding steroid dienone is 2. The topological polar surface area (TPSA) is 47.3 Å². The van der Waals surface area contributed by atoms with Crippen LogP contribution in [0.15, 0.2) is 29.6 Å². The van der Waals surface area contributed by atoms with E-state index in [-0.39, 0.29) is 0 Å². The Hall–Kier alpha value is -1.49. The van der Waals surface area contributed by atoms with Crippen molar-refractivity contribution < 1.29 is 4.21 Å². The zero-order valence-electron chi connectivity index (χ0n) is 10.3. The van der Waals surface area contributed by atoms with Crippen molar-refractivity contribution in [1.82, 2.24) is 14.6 Å². The molecule has 0 radical (unpaired) electrons. The maximum atomic E-state index is 11.5. The van der Waals surface area contributed by atoms with Crippen molar-refractivity contribution in [2.75, 3.05) is 6.26 Å². The van der Waals surface area contributed by atoms with Crippen LogP contribution in [-0.2, 0) is 10.8 Å². The molecule has 0 aliphatic heterocycles. The van der Waals surface area contributed by atoms with E-state index in [9.17, 15) is 4.21 Å². The van der Waals surface area contributed by atoms with Gasteiger partial charge in [0.1, 0.15) is 0 Å². The SMILES string of the molecule is CS(=O)c1ncc2ccc(C3=CCCCC3)n2n1. The first-order valence-electron chi connectivity index (χ1n) is 6.13. The van der Waals surface area contributed by atoms with Gasteiger partial charge in [0.25, 0.3) is 0 Å². The van der Waals surface area contributed by atoms with Crippen LogP contribution >= 0.6 is 0 Å². The molecule has 3 rings (SSSR count). The number of hydrogen-bond donors (Lipinski definition) is 0. The van der Waals surface area contributed by atoms with Crippen molar-refractivity contribution in [1.29, 1.82) is 0 Å². The molecular weight excluding hydrogens is 246 g/mol. The van der Waals surface area contributed by atoms with Crippen LogP contribution in [0.3, 0.4) is 0 Å². The van der Waals surface area contributed by atoms with Crippen molar-refractivity contribution in [3.8, 4) is 0 Å². The second-order valence-electron chi connectivity index (χ2n) is 4.53. The predicted molar refractivity (Wildman–Crippen MR) is 71.8 cm³/mol. The highest BCUT2D eigenvalue weighted by Gasteiger charge is 2.12. The Labute approximate surface area is 108 Å². The second kappa shape index (κ2) is 4.65. The molecule has 0 fully saturated rings. The Morgan fingerprint density at radius 1 is 1.33 bits per heavy atom. The maximum Gasteiger partial charge on any atom is 0.237 e. The lowest BCUT2D eigenvalue weighted by Crippen LogP contribution is -2.05. The van der Waals surface area contributed by atoms with E-state index < -0.39 is 10.8 Å². The molecule has 94 valence electrons. The van der Waals surface area contributed by atoms with Crippen molar-refractivity contribution in [3.05, 3.63) is 30.1 Å². The van der Waals surface area contributed by atoms with E-state index in [1.54, 1.807) is 12.5 Å². The van der Waals surface area contributed by atoms with Crippen LogP contribution in [0.1, 0.15) is 31.4 Å². The summed E-state index contributed by atoms with van der Waals surface area (Å²) in [5.41, 5.74) is 3.40. The molecule has 2 heterocycles. The Morgan fingerprint density at radius 3 is 2.94 bits per heavy atom. The zero-order chi connectivity index (χ0) is 12.5. The second-order valence-corrected chi connectivity index (χ2v) is 5.80. The molecule has 0 aromatic carbocycles. The number of fused-ring (bicyclic) bond motifs is 1. The minimum absolute atomic E-state index is 0.386. The number of hydrogen-bond acceptors (Lipinski definition) is 3. The molecule has 1 atom stereocenters. The van der Waals surface area contributed by atoms with Gasteiger partial charge in [0, 0.05) is 6.26 Å². The van der Waals surface area contributed by atoms with Crippen LogP contribution in [-0.4, -0.2) is 25.1 Å². The Kier molecular flexibility index (Phi) is 2.99. The van der Waals surface area contributed by atoms with Gasteiger partial charge >= 0.3 is 0 Å². The fraction of sp³-hybridized carbons (Fsp3) is 0.385. The molecule has 0 amide bonds. The fourth-order valence-corrected chi connectivity index (χ4v) is 2.73. The van der Waals surface area contributed by atoms with E-state index >= 15 is 0 Å². The molecule has 0 saturated carbocycles. The molecule has 0 bridgehead atoms. The summed E-state index contributed by atoms with van der Waals surface area (Å²) in [5, 5.41) is 4.76. The fourth-order valence-electron chi connectivity index (χ4n) is 2.33. The monoisotopic (exact) mass is 261 g/mol. The molecule has 2 aromatic rings. The van der Waals surface area contributed by atoms with Crippen LogP contribution < -0.4 is 0 Å². The highest BCUT2D eigenvalue weighted by molar-refractivity contribution is 7.84. The minimum Gasteiger partial charge on any atom is -0.251 e. The molecule has 5 heteroatoms. The Morgan fingerprint density at radius 2 is 2.22 bits per heavy atom. The van der Waals surface area contributed by atoms with Crippen molar-refractivity contribution >= 4 is 21.9 Å². The molecule has 1 aliphatic carbocycles. The number of nitrogens with zero attached hydrogens (tertiary/aromatic N) is 3. The van der Waals surface area contributed by atoms with Crippen LogP contribution in [0.25, 0.3) is 11.1 Å². The van der Waals surface area contributed by atoms with Crippen molar-refractivity contribution in [2.24, 2.45) is 0 Å². The lowest BCUT2D eigenvalue weighted by molar-refractivity contribution is 0.670. The van der Waals surface area contributed by atoms with Gasteiger partial charge in [0.15, 0.2) is 0 Å². The van der Waals surface area contributed by atoms with Gasteiger partial charge in [-0.2, -0.15) is 0 Å². The number of rotatable bonds is 2. The van der Waals surface area contributed by atoms with Gasteiger partial charge in [-0.15, -0.1) is 5.10 Å². The molecule has 2 aromatic heterocycles. The molecular formula is C13H15N3OS. The van der Waals surface area contributed by atoms with E-state index in [1.165, 1.54) is 18.4 Å².